The van der Waals surface area contributed by atoms with Crippen molar-refractivity contribution < 1.29 is 24.5 Å². The summed E-state index contributed by atoms with van der Waals surface area (Å²) >= 11 is 0. The molecular weight excluding hydrogens is 332 g/mol. The molecule has 0 saturated heterocycles. The maximum atomic E-state index is 11.4. The number of phenolic OH excluding ortho intramolecular Hbond substituents is 1. The minimum atomic E-state index is -0.983. The molecule has 5 heteroatoms. The predicted molar refractivity (Wildman–Crippen MR) is 99.2 cm³/mol. The van der Waals surface area contributed by atoms with Crippen LogP contribution in [0, 0.1) is 0 Å². The molecule has 3 aromatic carbocycles. The highest BCUT2D eigenvalue weighted by Gasteiger charge is 2.13. The molecule has 2 N–H and O–H groups in total. The van der Waals surface area contributed by atoms with E-state index in [1.54, 1.807) is 43.3 Å². The van der Waals surface area contributed by atoms with Crippen LogP contribution in [0.3, 0.4) is 0 Å². The van der Waals surface area contributed by atoms with E-state index in [1.165, 1.54) is 0 Å². The Morgan fingerprint density at radius 1 is 0.923 bits per heavy atom. The third kappa shape index (κ3) is 5.63. The molecule has 5 nitrogen and oxygen atoms in total. The second-order valence-electron chi connectivity index (χ2n) is 5.68. The average Bonchev–Trinajstić information content (AvgIpc) is 2.63. The van der Waals surface area contributed by atoms with E-state index < -0.39 is 18.0 Å². The van der Waals surface area contributed by atoms with Crippen LogP contribution in [-0.4, -0.2) is 28.3 Å². The van der Waals surface area contributed by atoms with Crippen LogP contribution in [0.5, 0.6) is 5.75 Å². The number of ether oxygens (including phenoxy) is 1. The Balaban J connectivity index is 0.000000195. The molecule has 0 aliphatic heterocycles. The van der Waals surface area contributed by atoms with E-state index >= 15 is 0 Å². The molecule has 3 rings (SSSR count). The number of carbonyl (C=O) groups is 2. The fourth-order valence-corrected chi connectivity index (χ4v) is 2.32. The van der Waals surface area contributed by atoms with Crippen molar-refractivity contribution in [1.82, 2.24) is 0 Å². The molecule has 1 atom stereocenters. The third-order valence-electron chi connectivity index (χ3n) is 3.55. The van der Waals surface area contributed by atoms with Gasteiger partial charge >= 0.3 is 11.9 Å². The van der Waals surface area contributed by atoms with Gasteiger partial charge in [0.15, 0.2) is 0 Å². The van der Waals surface area contributed by atoms with Crippen LogP contribution in [0.1, 0.15) is 23.7 Å². The number of hydrogen-bond donors (Lipinski definition) is 2. The molecule has 0 saturated carbocycles. The van der Waals surface area contributed by atoms with Crippen molar-refractivity contribution in [3.63, 3.8) is 0 Å². The number of carbonyl (C=O) groups excluding carboxylic acids is 1. The Morgan fingerprint density at radius 2 is 1.54 bits per heavy atom. The van der Waals surface area contributed by atoms with E-state index in [0.29, 0.717) is 11.3 Å². The average molecular weight is 352 g/mol. The summed E-state index contributed by atoms with van der Waals surface area (Å²) < 4.78 is 4.93. The first-order valence-electron chi connectivity index (χ1n) is 8.12. The van der Waals surface area contributed by atoms with Gasteiger partial charge in [-0.2, -0.15) is 0 Å². The molecule has 0 bridgehead atoms. The van der Waals surface area contributed by atoms with E-state index in [2.05, 4.69) is 0 Å². The van der Waals surface area contributed by atoms with Gasteiger partial charge in [0.05, 0.1) is 12.0 Å². The standard InChI is InChI=1S/C11H12O4.C10H8O/c1-8(7-10(12)13)15-11(14)9-5-3-2-4-6-9;11-10-7-3-5-8-4-1-2-6-9(8)10/h2-6,8H,7H2,1H3,(H,12,13);1-7,11H. The number of fused-ring (bicyclic) bond motifs is 1. The topological polar surface area (TPSA) is 83.8 Å². The zero-order valence-corrected chi connectivity index (χ0v) is 14.3. The molecule has 0 spiro atoms. The van der Waals surface area contributed by atoms with Gasteiger partial charge in [-0.1, -0.05) is 54.6 Å². The Labute approximate surface area is 151 Å². The smallest absolute Gasteiger partial charge is 0.338 e. The lowest BCUT2D eigenvalue weighted by Crippen LogP contribution is -2.18. The van der Waals surface area contributed by atoms with Crippen molar-refractivity contribution in [2.24, 2.45) is 0 Å². The van der Waals surface area contributed by atoms with E-state index in [9.17, 15) is 14.7 Å². The van der Waals surface area contributed by atoms with Crippen LogP contribution in [0.2, 0.25) is 0 Å². The Hall–Kier alpha value is -3.34. The van der Waals surface area contributed by atoms with Gasteiger partial charge in [0.2, 0.25) is 0 Å². The summed E-state index contributed by atoms with van der Waals surface area (Å²) in [6, 6.07) is 21.8. The van der Waals surface area contributed by atoms with Gasteiger partial charge in [0, 0.05) is 5.39 Å². The van der Waals surface area contributed by atoms with Gasteiger partial charge in [-0.05, 0) is 30.5 Å². The lowest BCUT2D eigenvalue weighted by Gasteiger charge is -2.10. The largest absolute Gasteiger partial charge is 0.507 e. The first-order chi connectivity index (χ1) is 12.5. The predicted octanol–water partition coefficient (Wildman–Crippen LogP) is 4.25. The molecule has 1 unspecified atom stereocenters. The molecule has 0 radical (unpaired) electrons. The van der Waals surface area contributed by atoms with Crippen LogP contribution in [0.4, 0.5) is 0 Å². The Kier molecular flexibility index (Phi) is 6.74. The summed E-state index contributed by atoms with van der Waals surface area (Å²) in [4.78, 5) is 21.8. The zero-order chi connectivity index (χ0) is 18.9. The normalized spacial score (nSPS) is 11.1. The van der Waals surface area contributed by atoms with Gasteiger partial charge in [-0.3, -0.25) is 4.79 Å². The first-order valence-corrected chi connectivity index (χ1v) is 8.12. The van der Waals surface area contributed by atoms with Crippen LogP contribution < -0.4 is 0 Å². The second kappa shape index (κ2) is 9.22. The lowest BCUT2D eigenvalue weighted by molar-refractivity contribution is -0.138. The van der Waals surface area contributed by atoms with Gasteiger partial charge in [-0.25, -0.2) is 4.79 Å². The molecule has 0 fully saturated rings. The molecule has 3 aromatic rings. The number of carboxylic acids is 1. The maximum absolute atomic E-state index is 11.4. The van der Waals surface area contributed by atoms with Crippen LogP contribution >= 0.6 is 0 Å². The summed E-state index contributed by atoms with van der Waals surface area (Å²) in [5.74, 6) is -1.13. The molecule has 0 aliphatic rings. The molecule has 0 aromatic heterocycles. The molecule has 0 amide bonds. The number of benzene rings is 3. The van der Waals surface area contributed by atoms with Crippen molar-refractivity contribution >= 4 is 22.7 Å². The van der Waals surface area contributed by atoms with E-state index in [4.69, 9.17) is 9.84 Å². The number of carboxylic acid groups (broad SMARTS) is 1. The Morgan fingerprint density at radius 3 is 2.19 bits per heavy atom. The highest BCUT2D eigenvalue weighted by atomic mass is 16.5. The molecule has 26 heavy (non-hydrogen) atoms. The van der Waals surface area contributed by atoms with E-state index in [1.807, 2.05) is 36.4 Å². The first kappa shape index (κ1) is 19.0. The number of esters is 1. The fraction of sp³-hybridized carbons (Fsp3) is 0.143. The summed E-state index contributed by atoms with van der Waals surface area (Å²) in [5, 5.41) is 19.8. The van der Waals surface area contributed by atoms with Crippen molar-refractivity contribution in [2.75, 3.05) is 0 Å². The highest BCUT2D eigenvalue weighted by Crippen LogP contribution is 2.22. The number of aliphatic carboxylic acids is 1. The summed E-state index contributed by atoms with van der Waals surface area (Å²) in [5.41, 5.74) is 0.426. The van der Waals surface area contributed by atoms with Crippen LogP contribution in [0.25, 0.3) is 10.8 Å². The minimum absolute atomic E-state index is 0.182. The van der Waals surface area contributed by atoms with Crippen LogP contribution in [0.15, 0.2) is 72.8 Å². The maximum Gasteiger partial charge on any atom is 0.338 e. The quantitative estimate of drug-likeness (QED) is 0.686. The number of hydrogen-bond acceptors (Lipinski definition) is 4. The number of rotatable bonds is 4. The summed E-state index contributed by atoms with van der Waals surface area (Å²) in [7, 11) is 0. The van der Waals surface area contributed by atoms with Crippen molar-refractivity contribution in [2.45, 2.75) is 19.4 Å². The molecular formula is C21H20O5. The summed E-state index contributed by atoms with van der Waals surface area (Å²) in [6.07, 6.45) is -0.798. The summed E-state index contributed by atoms with van der Waals surface area (Å²) in [6.45, 7) is 1.55. The van der Waals surface area contributed by atoms with Crippen LogP contribution in [-0.2, 0) is 9.53 Å². The second-order valence-corrected chi connectivity index (χ2v) is 5.68. The SMILES string of the molecule is CC(CC(=O)O)OC(=O)c1ccccc1.Oc1cccc2ccccc12. The molecule has 134 valence electrons. The van der Waals surface area contributed by atoms with Gasteiger partial charge in [-0.15, -0.1) is 0 Å². The molecule has 0 heterocycles. The van der Waals surface area contributed by atoms with E-state index in [-0.39, 0.29) is 6.42 Å². The number of aromatic hydroxyl groups is 1. The van der Waals surface area contributed by atoms with Crippen molar-refractivity contribution in [3.05, 3.63) is 78.4 Å². The zero-order valence-electron chi connectivity index (χ0n) is 14.3. The minimum Gasteiger partial charge on any atom is -0.507 e. The molecule has 0 aliphatic carbocycles. The number of phenols is 1. The monoisotopic (exact) mass is 352 g/mol. The van der Waals surface area contributed by atoms with Gasteiger partial charge in [0.25, 0.3) is 0 Å². The Bertz CT molecular complexity index is 868. The lowest BCUT2D eigenvalue weighted by atomic mass is 10.1. The third-order valence-corrected chi connectivity index (χ3v) is 3.55. The van der Waals surface area contributed by atoms with Gasteiger partial charge < -0.3 is 14.9 Å². The van der Waals surface area contributed by atoms with Crippen molar-refractivity contribution in [1.29, 1.82) is 0 Å². The van der Waals surface area contributed by atoms with E-state index in [0.717, 1.165) is 10.8 Å². The highest BCUT2D eigenvalue weighted by molar-refractivity contribution is 5.89. The van der Waals surface area contributed by atoms with Crippen molar-refractivity contribution in [3.8, 4) is 5.75 Å². The fourth-order valence-electron chi connectivity index (χ4n) is 2.32. The van der Waals surface area contributed by atoms with Gasteiger partial charge in [0.1, 0.15) is 11.9 Å².